The number of hydrogen-bond donors (Lipinski definition) is 0. The van der Waals surface area contributed by atoms with Gasteiger partial charge < -0.3 is 0 Å². The van der Waals surface area contributed by atoms with Gasteiger partial charge in [-0.15, -0.1) is 0 Å². The first-order valence-electron chi connectivity index (χ1n) is 9.18. The van der Waals surface area contributed by atoms with E-state index in [0.29, 0.717) is 17.9 Å². The molecule has 2 aromatic carbocycles. The van der Waals surface area contributed by atoms with Gasteiger partial charge in [0.2, 0.25) is 0 Å². The molecule has 0 atom stereocenters. The van der Waals surface area contributed by atoms with Crippen LogP contribution in [-0.2, 0) is 28.6 Å². The maximum Gasteiger partial charge on any atom is 0.179 e. The SMILES string of the molecule is O=S(=O)(Cc1ccccc1)C1=Cc2cc3c(cc2C1)CN=C3c1ccncc1. The van der Waals surface area contributed by atoms with Gasteiger partial charge in [-0.05, 0) is 46.5 Å². The van der Waals surface area contributed by atoms with E-state index < -0.39 is 9.84 Å². The zero-order chi connectivity index (χ0) is 19.1. The van der Waals surface area contributed by atoms with Crippen molar-refractivity contribution in [3.05, 3.63) is 105 Å². The molecule has 0 saturated heterocycles. The summed E-state index contributed by atoms with van der Waals surface area (Å²) in [7, 11) is -3.34. The fraction of sp³-hybridized carbons (Fsp3) is 0.130. The van der Waals surface area contributed by atoms with Crippen molar-refractivity contribution in [2.45, 2.75) is 18.7 Å². The summed E-state index contributed by atoms with van der Waals surface area (Å²) in [5, 5.41) is 0. The Balaban J connectivity index is 1.48. The Bertz CT molecular complexity index is 1230. The lowest BCUT2D eigenvalue weighted by molar-refractivity contribution is 0.600. The molecule has 2 aliphatic rings. The van der Waals surface area contributed by atoms with E-state index in [-0.39, 0.29) is 5.75 Å². The molecule has 3 aromatic rings. The summed E-state index contributed by atoms with van der Waals surface area (Å²) in [5.41, 5.74) is 7.09. The van der Waals surface area contributed by atoms with Gasteiger partial charge in [0, 0.05) is 34.8 Å². The van der Waals surface area contributed by atoms with Gasteiger partial charge in [-0.3, -0.25) is 9.98 Å². The second kappa shape index (κ2) is 6.53. The van der Waals surface area contributed by atoms with Crippen molar-refractivity contribution in [2.75, 3.05) is 0 Å². The summed E-state index contributed by atoms with van der Waals surface area (Å²) in [6, 6.07) is 17.4. The highest BCUT2D eigenvalue weighted by Crippen LogP contribution is 2.34. The molecule has 5 heteroatoms. The van der Waals surface area contributed by atoms with Crippen molar-refractivity contribution in [1.82, 2.24) is 4.98 Å². The number of hydrogen-bond acceptors (Lipinski definition) is 4. The smallest absolute Gasteiger partial charge is 0.179 e. The summed E-state index contributed by atoms with van der Waals surface area (Å²) >= 11 is 0. The minimum atomic E-state index is -3.34. The molecule has 1 aliphatic carbocycles. The largest absolute Gasteiger partial charge is 0.279 e. The van der Waals surface area contributed by atoms with Crippen LogP contribution in [0.2, 0.25) is 0 Å². The van der Waals surface area contributed by atoms with Crippen LogP contribution in [0.25, 0.3) is 6.08 Å². The molecular formula is C23H18N2O2S. The Hall–Kier alpha value is -3.05. The van der Waals surface area contributed by atoms with Crippen LogP contribution in [-0.4, -0.2) is 19.1 Å². The summed E-state index contributed by atoms with van der Waals surface area (Å²) in [6.07, 6.45) is 5.81. The maximum absolute atomic E-state index is 12.9. The fourth-order valence-corrected chi connectivity index (χ4v) is 5.35. The van der Waals surface area contributed by atoms with Crippen molar-refractivity contribution >= 4 is 21.6 Å². The van der Waals surface area contributed by atoms with Gasteiger partial charge in [-0.25, -0.2) is 8.42 Å². The van der Waals surface area contributed by atoms with Crippen LogP contribution in [0.15, 0.2) is 76.9 Å². The highest BCUT2D eigenvalue weighted by Gasteiger charge is 2.27. The zero-order valence-corrected chi connectivity index (χ0v) is 16.0. The van der Waals surface area contributed by atoms with Crippen LogP contribution in [0.1, 0.15) is 33.4 Å². The highest BCUT2D eigenvalue weighted by atomic mass is 32.2. The molecule has 28 heavy (non-hydrogen) atoms. The molecule has 0 saturated carbocycles. The number of fused-ring (bicyclic) bond motifs is 2. The van der Waals surface area contributed by atoms with Crippen molar-refractivity contribution in [3.8, 4) is 0 Å². The highest BCUT2D eigenvalue weighted by molar-refractivity contribution is 7.94. The zero-order valence-electron chi connectivity index (χ0n) is 15.2. The normalized spacial score (nSPS) is 15.0. The molecule has 0 radical (unpaired) electrons. The standard InChI is InChI=1S/C23H18N2O2S/c26-28(27,15-16-4-2-1-3-5-16)21-11-18-10-20-14-25-23(17-6-8-24-9-7-17)22(20)13-19(18)12-21/h1-10,12-13H,11,14-15H2. The Morgan fingerprint density at radius 2 is 1.71 bits per heavy atom. The van der Waals surface area contributed by atoms with Gasteiger partial charge in [0.1, 0.15) is 0 Å². The predicted octanol–water partition coefficient (Wildman–Crippen LogP) is 3.94. The van der Waals surface area contributed by atoms with Gasteiger partial charge in [-0.1, -0.05) is 36.4 Å². The van der Waals surface area contributed by atoms with Crippen LogP contribution in [0.4, 0.5) is 0 Å². The fourth-order valence-electron chi connectivity index (χ4n) is 3.86. The predicted molar refractivity (Wildman–Crippen MR) is 111 cm³/mol. The van der Waals surface area contributed by atoms with Crippen LogP contribution in [0, 0.1) is 0 Å². The van der Waals surface area contributed by atoms with Crippen molar-refractivity contribution < 1.29 is 8.42 Å². The number of nitrogens with zero attached hydrogens (tertiary/aromatic N) is 2. The minimum Gasteiger partial charge on any atom is -0.279 e. The molecule has 0 N–H and O–H groups in total. The second-order valence-corrected chi connectivity index (χ2v) is 9.18. The Labute approximate surface area is 164 Å². The van der Waals surface area contributed by atoms with E-state index in [2.05, 4.69) is 22.1 Å². The molecule has 4 nitrogen and oxygen atoms in total. The van der Waals surface area contributed by atoms with Crippen molar-refractivity contribution in [1.29, 1.82) is 0 Å². The molecule has 138 valence electrons. The van der Waals surface area contributed by atoms with Crippen LogP contribution >= 0.6 is 0 Å². The average molecular weight is 386 g/mol. The number of allylic oxidation sites excluding steroid dienone is 1. The van der Waals surface area contributed by atoms with Gasteiger partial charge in [-0.2, -0.15) is 0 Å². The lowest BCUT2D eigenvalue weighted by atomic mass is 9.96. The monoisotopic (exact) mass is 386 g/mol. The topological polar surface area (TPSA) is 59.4 Å². The van der Waals surface area contributed by atoms with E-state index in [1.54, 1.807) is 12.4 Å². The van der Waals surface area contributed by atoms with Crippen LogP contribution < -0.4 is 0 Å². The number of rotatable bonds is 4. The third-order valence-corrected chi connectivity index (χ3v) is 7.04. The molecular weight excluding hydrogens is 368 g/mol. The van der Waals surface area contributed by atoms with E-state index in [4.69, 9.17) is 0 Å². The van der Waals surface area contributed by atoms with Gasteiger partial charge in [0.05, 0.1) is 18.0 Å². The number of sulfone groups is 1. The van der Waals surface area contributed by atoms with E-state index in [1.807, 2.05) is 48.5 Å². The maximum atomic E-state index is 12.9. The summed E-state index contributed by atoms with van der Waals surface area (Å²) in [5.74, 6) is 0.0388. The van der Waals surface area contributed by atoms with Crippen LogP contribution in [0.3, 0.4) is 0 Å². The third kappa shape index (κ3) is 2.98. The Morgan fingerprint density at radius 1 is 0.929 bits per heavy atom. The Morgan fingerprint density at radius 3 is 2.50 bits per heavy atom. The van der Waals surface area contributed by atoms with Gasteiger partial charge >= 0.3 is 0 Å². The molecule has 0 unspecified atom stereocenters. The Kier molecular flexibility index (Phi) is 3.98. The van der Waals surface area contributed by atoms with Crippen molar-refractivity contribution in [3.63, 3.8) is 0 Å². The molecule has 1 aliphatic heterocycles. The first-order chi connectivity index (χ1) is 13.6. The molecule has 0 amide bonds. The molecule has 1 aromatic heterocycles. The average Bonchev–Trinajstić information content (AvgIpc) is 3.31. The first-order valence-corrected chi connectivity index (χ1v) is 10.8. The summed E-state index contributed by atoms with van der Waals surface area (Å²) in [6.45, 7) is 0.631. The second-order valence-electron chi connectivity index (χ2n) is 7.14. The van der Waals surface area contributed by atoms with E-state index >= 15 is 0 Å². The van der Waals surface area contributed by atoms with E-state index in [9.17, 15) is 8.42 Å². The molecule has 0 spiro atoms. The number of aromatic nitrogens is 1. The summed E-state index contributed by atoms with van der Waals surface area (Å²) in [4.78, 5) is 9.26. The van der Waals surface area contributed by atoms with Gasteiger partial charge in [0.25, 0.3) is 0 Å². The lowest BCUT2D eigenvalue weighted by Gasteiger charge is -2.07. The van der Waals surface area contributed by atoms with E-state index in [1.165, 1.54) is 0 Å². The lowest BCUT2D eigenvalue weighted by Crippen LogP contribution is -2.07. The molecule has 0 bridgehead atoms. The quantitative estimate of drug-likeness (QED) is 0.682. The third-order valence-electron chi connectivity index (χ3n) is 5.26. The number of pyridine rings is 1. The van der Waals surface area contributed by atoms with E-state index in [0.717, 1.165) is 39.1 Å². The first kappa shape index (κ1) is 17.1. The number of aliphatic imine (C=N–C) groups is 1. The molecule has 5 rings (SSSR count). The molecule has 2 heterocycles. The molecule has 0 fully saturated rings. The van der Waals surface area contributed by atoms with Gasteiger partial charge in [0.15, 0.2) is 9.84 Å². The van der Waals surface area contributed by atoms with Crippen molar-refractivity contribution in [2.24, 2.45) is 4.99 Å². The summed E-state index contributed by atoms with van der Waals surface area (Å²) < 4.78 is 25.8. The number of benzene rings is 2. The van der Waals surface area contributed by atoms with Crippen LogP contribution in [0.5, 0.6) is 0 Å². The minimum absolute atomic E-state index is 0.0388.